The molecule has 3 aromatic carbocycles. The highest BCUT2D eigenvalue weighted by atomic mass is 16.5. The number of hydrogen-bond donors (Lipinski definition) is 2. The molecule has 0 aliphatic heterocycles. The summed E-state index contributed by atoms with van der Waals surface area (Å²) in [6.07, 6.45) is 0.874. The van der Waals surface area contributed by atoms with Crippen LogP contribution in [-0.4, -0.2) is 43.0 Å². The van der Waals surface area contributed by atoms with Crippen molar-refractivity contribution < 1.29 is 14.3 Å². The third kappa shape index (κ3) is 7.69. The summed E-state index contributed by atoms with van der Waals surface area (Å²) in [6, 6.07) is 20.1. The van der Waals surface area contributed by atoms with Gasteiger partial charge in [0.05, 0.1) is 12.3 Å². The Morgan fingerprint density at radius 1 is 0.771 bits per heavy atom. The molecule has 0 radical (unpaired) electrons. The van der Waals surface area contributed by atoms with E-state index in [9.17, 15) is 9.59 Å². The van der Waals surface area contributed by atoms with Gasteiger partial charge in [-0.3, -0.25) is 9.59 Å². The van der Waals surface area contributed by atoms with Gasteiger partial charge in [0.2, 0.25) is 0 Å². The van der Waals surface area contributed by atoms with Gasteiger partial charge >= 0.3 is 0 Å². The highest BCUT2D eigenvalue weighted by Gasteiger charge is 2.13. The highest BCUT2D eigenvalue weighted by Crippen LogP contribution is 2.29. The average molecular weight is 474 g/mol. The molecule has 6 nitrogen and oxygen atoms in total. The molecule has 0 atom stereocenters. The zero-order chi connectivity index (χ0) is 25.2. The lowest BCUT2D eigenvalue weighted by atomic mass is 10.1. The molecule has 0 aliphatic carbocycles. The molecule has 0 aromatic heterocycles. The highest BCUT2D eigenvalue weighted by molar-refractivity contribution is 6.07. The van der Waals surface area contributed by atoms with Crippen molar-refractivity contribution in [3.8, 4) is 5.75 Å². The lowest BCUT2D eigenvalue weighted by Gasteiger charge is -2.19. The second kappa shape index (κ2) is 12.7. The molecule has 35 heavy (non-hydrogen) atoms. The largest absolute Gasteiger partial charge is 0.491 e. The molecule has 0 fully saturated rings. The van der Waals surface area contributed by atoms with Crippen molar-refractivity contribution in [2.45, 2.75) is 34.1 Å². The number of rotatable bonds is 11. The summed E-state index contributed by atoms with van der Waals surface area (Å²) in [6.45, 7) is 11.7. The van der Waals surface area contributed by atoms with Crippen molar-refractivity contribution in [3.63, 3.8) is 0 Å². The van der Waals surface area contributed by atoms with E-state index < -0.39 is 0 Å². The van der Waals surface area contributed by atoms with Crippen LogP contribution in [0.5, 0.6) is 5.75 Å². The molecule has 184 valence electrons. The predicted octanol–water partition coefficient (Wildman–Crippen LogP) is 5.92. The van der Waals surface area contributed by atoms with E-state index in [1.807, 2.05) is 38.1 Å². The Hall–Kier alpha value is -3.64. The van der Waals surface area contributed by atoms with Crippen LogP contribution in [0.3, 0.4) is 0 Å². The number of carbonyl (C=O) groups excluding carboxylic acids is 2. The van der Waals surface area contributed by atoms with Crippen LogP contribution < -0.4 is 15.4 Å². The maximum atomic E-state index is 12.9. The number of aryl methyl sites for hydroxylation is 2. The SMILES string of the molecule is CCN(CC)CCCOc1ccc(NC(=O)c2ccc(C)cc2)cc1NC(=O)c1ccc(C)cc1. The van der Waals surface area contributed by atoms with E-state index in [1.165, 1.54) is 0 Å². The lowest BCUT2D eigenvalue weighted by molar-refractivity contribution is 0.101. The van der Waals surface area contributed by atoms with Gasteiger partial charge < -0.3 is 20.3 Å². The molecule has 3 rings (SSSR count). The zero-order valence-corrected chi connectivity index (χ0v) is 21.1. The third-order valence-corrected chi connectivity index (χ3v) is 5.88. The summed E-state index contributed by atoms with van der Waals surface area (Å²) >= 11 is 0. The van der Waals surface area contributed by atoms with Gasteiger partial charge in [0, 0.05) is 23.4 Å². The Labute approximate surface area is 208 Å². The van der Waals surface area contributed by atoms with Crippen LogP contribution in [0.15, 0.2) is 66.7 Å². The number of benzene rings is 3. The van der Waals surface area contributed by atoms with Crippen molar-refractivity contribution >= 4 is 23.2 Å². The molecule has 0 unspecified atom stereocenters. The second-order valence-electron chi connectivity index (χ2n) is 8.58. The molecule has 0 bridgehead atoms. The Morgan fingerprint density at radius 3 is 1.86 bits per heavy atom. The van der Waals surface area contributed by atoms with Crippen molar-refractivity contribution in [1.29, 1.82) is 0 Å². The zero-order valence-electron chi connectivity index (χ0n) is 21.1. The molecule has 0 heterocycles. The third-order valence-electron chi connectivity index (χ3n) is 5.88. The van der Waals surface area contributed by atoms with Gasteiger partial charge in [-0.2, -0.15) is 0 Å². The topological polar surface area (TPSA) is 70.7 Å². The summed E-state index contributed by atoms with van der Waals surface area (Å²) < 4.78 is 6.04. The summed E-state index contributed by atoms with van der Waals surface area (Å²) in [5.74, 6) is 0.118. The molecular weight excluding hydrogens is 438 g/mol. The van der Waals surface area contributed by atoms with Crippen LogP contribution >= 0.6 is 0 Å². The second-order valence-corrected chi connectivity index (χ2v) is 8.58. The predicted molar refractivity (Wildman–Crippen MR) is 143 cm³/mol. The molecule has 3 aromatic rings. The van der Waals surface area contributed by atoms with Crippen molar-refractivity contribution in [2.24, 2.45) is 0 Å². The maximum Gasteiger partial charge on any atom is 0.255 e. The van der Waals surface area contributed by atoms with Gasteiger partial charge in [-0.15, -0.1) is 0 Å². The van der Waals surface area contributed by atoms with Crippen LogP contribution in [0.25, 0.3) is 0 Å². The fourth-order valence-electron chi connectivity index (χ4n) is 3.65. The number of nitrogens with zero attached hydrogens (tertiary/aromatic N) is 1. The van der Waals surface area contributed by atoms with E-state index in [0.29, 0.717) is 34.9 Å². The fraction of sp³-hybridized carbons (Fsp3) is 0.310. The molecule has 2 N–H and O–H groups in total. The first-order chi connectivity index (χ1) is 16.9. The van der Waals surface area contributed by atoms with E-state index >= 15 is 0 Å². The smallest absolute Gasteiger partial charge is 0.255 e. The first-order valence-electron chi connectivity index (χ1n) is 12.1. The standard InChI is InChI=1S/C29H35N3O3/c1-5-32(6-2)18-7-19-35-27-17-16-25(30-28(33)23-12-8-21(3)9-13-23)20-26(27)31-29(34)24-14-10-22(4)11-15-24/h8-17,20H,5-7,18-19H2,1-4H3,(H,30,33)(H,31,34). The molecule has 0 saturated heterocycles. The molecule has 6 heteroatoms. The summed E-state index contributed by atoms with van der Waals surface area (Å²) in [4.78, 5) is 27.9. The first-order valence-corrected chi connectivity index (χ1v) is 12.1. The van der Waals surface area contributed by atoms with Crippen LogP contribution in [0.4, 0.5) is 11.4 Å². The van der Waals surface area contributed by atoms with Crippen molar-refractivity contribution in [2.75, 3.05) is 36.9 Å². The minimum Gasteiger partial charge on any atom is -0.491 e. The number of anilines is 2. The minimum absolute atomic E-state index is 0.214. The Kier molecular flexibility index (Phi) is 9.44. The maximum absolute atomic E-state index is 12.9. The van der Waals surface area contributed by atoms with Gasteiger partial charge in [-0.25, -0.2) is 0 Å². The molecule has 0 saturated carbocycles. The van der Waals surface area contributed by atoms with Gasteiger partial charge in [-0.1, -0.05) is 49.2 Å². The van der Waals surface area contributed by atoms with Crippen LogP contribution in [0.2, 0.25) is 0 Å². The van der Waals surface area contributed by atoms with Crippen LogP contribution in [0, 0.1) is 13.8 Å². The number of carbonyl (C=O) groups is 2. The van der Waals surface area contributed by atoms with Gasteiger partial charge in [0.25, 0.3) is 11.8 Å². The Bertz CT molecular complexity index is 1120. The first kappa shape index (κ1) is 26.0. The van der Waals surface area contributed by atoms with Gasteiger partial charge in [0.1, 0.15) is 5.75 Å². The van der Waals surface area contributed by atoms with Gasteiger partial charge in [-0.05, 0) is 75.8 Å². The van der Waals surface area contributed by atoms with E-state index in [1.54, 1.807) is 42.5 Å². The molecular formula is C29H35N3O3. The molecule has 2 amide bonds. The van der Waals surface area contributed by atoms with Crippen molar-refractivity contribution in [1.82, 2.24) is 4.90 Å². The van der Waals surface area contributed by atoms with Crippen molar-refractivity contribution in [3.05, 3.63) is 89.0 Å². The van der Waals surface area contributed by atoms with E-state index in [-0.39, 0.29) is 11.8 Å². The lowest BCUT2D eigenvalue weighted by Crippen LogP contribution is -2.25. The average Bonchev–Trinajstić information content (AvgIpc) is 2.86. The van der Waals surface area contributed by atoms with E-state index in [0.717, 1.165) is 37.2 Å². The summed E-state index contributed by atoms with van der Waals surface area (Å²) in [5.41, 5.74) is 4.38. The Balaban J connectivity index is 1.76. The van der Waals surface area contributed by atoms with Gasteiger partial charge in [0.15, 0.2) is 0 Å². The summed E-state index contributed by atoms with van der Waals surface area (Å²) in [5, 5.41) is 5.86. The monoisotopic (exact) mass is 473 g/mol. The fourth-order valence-corrected chi connectivity index (χ4v) is 3.65. The summed E-state index contributed by atoms with van der Waals surface area (Å²) in [7, 11) is 0. The Morgan fingerprint density at radius 2 is 1.31 bits per heavy atom. The number of nitrogens with one attached hydrogen (secondary N) is 2. The van der Waals surface area contributed by atoms with Crippen LogP contribution in [0.1, 0.15) is 52.1 Å². The molecule has 0 aliphatic rings. The quantitative estimate of drug-likeness (QED) is 0.339. The van der Waals surface area contributed by atoms with Crippen LogP contribution in [-0.2, 0) is 0 Å². The minimum atomic E-state index is -0.236. The van der Waals surface area contributed by atoms with E-state index in [4.69, 9.17) is 4.74 Å². The molecule has 0 spiro atoms. The number of ether oxygens (including phenoxy) is 1. The normalized spacial score (nSPS) is 10.8. The number of hydrogen-bond acceptors (Lipinski definition) is 4. The van der Waals surface area contributed by atoms with E-state index in [2.05, 4.69) is 29.4 Å². The number of amides is 2.